The molecule has 0 unspecified atom stereocenters. The van der Waals surface area contributed by atoms with Crippen molar-refractivity contribution in [3.8, 4) is 11.5 Å². The van der Waals surface area contributed by atoms with Crippen LogP contribution in [0.15, 0.2) is 48.5 Å². The fourth-order valence-electron chi connectivity index (χ4n) is 2.98. The first-order valence-corrected chi connectivity index (χ1v) is 14.5. The maximum atomic E-state index is 13.1. The Morgan fingerprint density at radius 2 is 1.79 bits per heavy atom. The van der Waals surface area contributed by atoms with Gasteiger partial charge in [-0.1, -0.05) is 50.0 Å². The van der Waals surface area contributed by atoms with Gasteiger partial charge in [0.1, 0.15) is 24.7 Å². The van der Waals surface area contributed by atoms with Crippen LogP contribution in [0.4, 0.5) is 5.69 Å². The molecule has 1 fully saturated rings. The van der Waals surface area contributed by atoms with Crippen molar-refractivity contribution in [2.75, 3.05) is 17.4 Å². The van der Waals surface area contributed by atoms with E-state index in [1.807, 2.05) is 30.3 Å². The van der Waals surface area contributed by atoms with Crippen molar-refractivity contribution in [2.45, 2.75) is 32.3 Å². The van der Waals surface area contributed by atoms with Crippen LogP contribution in [-0.4, -0.2) is 44.9 Å². The molecule has 0 aromatic heterocycles. The molecule has 0 spiro atoms. The van der Waals surface area contributed by atoms with Gasteiger partial charge >= 0.3 is 10.2 Å². The van der Waals surface area contributed by atoms with Gasteiger partial charge in [0, 0.05) is 20.7 Å². The molecule has 156 valence electrons. The minimum atomic E-state index is -3.99. The molecule has 0 aliphatic carbocycles. The maximum absolute atomic E-state index is 13.1. The van der Waals surface area contributed by atoms with E-state index in [0.29, 0.717) is 6.04 Å². The van der Waals surface area contributed by atoms with Crippen molar-refractivity contribution >= 4 is 29.9 Å². The predicted molar refractivity (Wildman–Crippen MR) is 115 cm³/mol. The van der Waals surface area contributed by atoms with Crippen LogP contribution in [0.2, 0.25) is 25.7 Å². The molecule has 2 aromatic rings. The number of rotatable bonds is 7. The fourth-order valence-corrected chi connectivity index (χ4v) is 5.58. The summed E-state index contributed by atoms with van der Waals surface area (Å²) in [5.74, 6) is -0.294. The Balaban J connectivity index is 1.87. The van der Waals surface area contributed by atoms with Crippen LogP contribution in [-0.2, 0) is 21.6 Å². The van der Waals surface area contributed by atoms with Gasteiger partial charge in [0.2, 0.25) is 0 Å². The Bertz CT molecular complexity index is 990. The lowest BCUT2D eigenvalue weighted by Gasteiger charge is -2.24. The summed E-state index contributed by atoms with van der Waals surface area (Å²) in [6.07, 6.45) is 0. The topological polar surface area (TPSA) is 87.2 Å². The highest BCUT2D eigenvalue weighted by Gasteiger charge is 2.43. The average Bonchev–Trinajstić information content (AvgIpc) is 2.87. The summed E-state index contributed by atoms with van der Waals surface area (Å²) < 4.78 is 33.9. The number of nitrogens with zero attached hydrogens (tertiary/aromatic N) is 2. The third-order valence-electron chi connectivity index (χ3n) is 4.63. The fraction of sp³-hybridized carbons (Fsp3) is 0.350. The highest BCUT2D eigenvalue weighted by Crippen LogP contribution is 2.37. The lowest BCUT2D eigenvalue weighted by molar-refractivity contribution is -0.123. The summed E-state index contributed by atoms with van der Waals surface area (Å²) >= 11 is 0. The van der Waals surface area contributed by atoms with Gasteiger partial charge < -0.3 is 9.84 Å². The minimum absolute atomic E-state index is 0.0460. The number of phenolic OH excluding ortho intramolecular Hbond substituents is 1. The van der Waals surface area contributed by atoms with Crippen molar-refractivity contribution in [2.24, 2.45) is 0 Å². The van der Waals surface area contributed by atoms with Crippen LogP contribution in [0.3, 0.4) is 0 Å². The van der Waals surface area contributed by atoms with Crippen molar-refractivity contribution in [1.29, 1.82) is 0 Å². The number of carbonyl (C=O) groups is 1. The number of aromatic hydroxyl groups is 1. The van der Waals surface area contributed by atoms with E-state index >= 15 is 0 Å². The van der Waals surface area contributed by atoms with Gasteiger partial charge in [-0.2, -0.15) is 8.42 Å². The normalized spacial score (nSPS) is 16.3. The van der Waals surface area contributed by atoms with Crippen molar-refractivity contribution in [1.82, 2.24) is 4.31 Å². The lowest BCUT2D eigenvalue weighted by atomic mass is 10.2. The molecule has 2 aromatic carbocycles. The van der Waals surface area contributed by atoms with E-state index in [-0.39, 0.29) is 36.9 Å². The zero-order valence-corrected chi connectivity index (χ0v) is 18.6. The third kappa shape index (κ3) is 4.91. The Labute approximate surface area is 172 Å². The molecule has 1 N–H and O–H groups in total. The van der Waals surface area contributed by atoms with Gasteiger partial charge in [-0.25, -0.2) is 8.61 Å². The molecule has 0 bridgehead atoms. The molecule has 1 aliphatic rings. The zero-order valence-electron chi connectivity index (χ0n) is 16.8. The van der Waals surface area contributed by atoms with E-state index in [4.69, 9.17) is 4.74 Å². The van der Waals surface area contributed by atoms with E-state index < -0.39 is 24.2 Å². The summed E-state index contributed by atoms with van der Waals surface area (Å²) in [7, 11) is -5.51. The molecule has 3 rings (SSSR count). The van der Waals surface area contributed by atoms with E-state index in [1.54, 1.807) is 0 Å². The van der Waals surface area contributed by atoms with Gasteiger partial charge in [-0.3, -0.25) is 4.79 Å². The van der Waals surface area contributed by atoms with Crippen LogP contribution < -0.4 is 9.04 Å². The molecule has 0 saturated carbocycles. The highest BCUT2D eigenvalue weighted by atomic mass is 32.2. The first-order valence-electron chi connectivity index (χ1n) is 9.41. The van der Waals surface area contributed by atoms with Crippen LogP contribution in [0.25, 0.3) is 0 Å². The first-order chi connectivity index (χ1) is 13.6. The van der Waals surface area contributed by atoms with E-state index in [2.05, 4.69) is 19.6 Å². The number of carbonyl (C=O) groups excluding carboxylic acids is 1. The van der Waals surface area contributed by atoms with Gasteiger partial charge in [0.05, 0.1) is 5.69 Å². The highest BCUT2D eigenvalue weighted by molar-refractivity contribution is 7.91. The molecule has 29 heavy (non-hydrogen) atoms. The van der Waals surface area contributed by atoms with Crippen LogP contribution in [0.5, 0.6) is 11.5 Å². The third-order valence-corrected chi connectivity index (χ3v) is 8.18. The SMILES string of the molecule is C[Si](C)(C)CCN1C(=O)CN(c2ccc(O)cc2OCc2ccccc2)S1(=O)=O. The molecular formula is C20H26N2O5SSi. The van der Waals surface area contributed by atoms with Crippen LogP contribution >= 0.6 is 0 Å². The quantitative estimate of drug-likeness (QED) is 0.676. The molecule has 0 atom stereocenters. The maximum Gasteiger partial charge on any atom is 0.329 e. The molecule has 9 heteroatoms. The van der Waals surface area contributed by atoms with Gasteiger partial charge in [0.25, 0.3) is 5.91 Å². The van der Waals surface area contributed by atoms with Crippen molar-refractivity contribution < 1.29 is 23.1 Å². The van der Waals surface area contributed by atoms with Crippen molar-refractivity contribution in [3.05, 3.63) is 54.1 Å². The molecule has 1 heterocycles. The van der Waals surface area contributed by atoms with E-state index in [9.17, 15) is 18.3 Å². The number of hydrogen-bond donors (Lipinski definition) is 1. The van der Waals surface area contributed by atoms with Gasteiger partial charge in [-0.05, 0) is 23.7 Å². The number of benzene rings is 2. The van der Waals surface area contributed by atoms with Crippen LogP contribution in [0.1, 0.15) is 5.56 Å². The minimum Gasteiger partial charge on any atom is -0.508 e. The Morgan fingerprint density at radius 1 is 1.10 bits per heavy atom. The standard InChI is InChI=1S/C20H26N2O5SSi/c1-29(2,3)12-11-21-20(24)14-22(28(21,25)26)18-10-9-17(23)13-19(18)27-15-16-7-5-4-6-8-16/h4-10,13,23H,11-12,14-15H2,1-3H3. The zero-order chi connectivity index (χ0) is 21.2. The van der Waals surface area contributed by atoms with E-state index in [0.717, 1.165) is 14.2 Å². The first kappa shape index (κ1) is 21.2. The second kappa shape index (κ2) is 8.07. The number of anilines is 1. The van der Waals surface area contributed by atoms with E-state index in [1.165, 1.54) is 18.2 Å². The molecule has 1 aliphatic heterocycles. The lowest BCUT2D eigenvalue weighted by Crippen LogP contribution is -2.37. The smallest absolute Gasteiger partial charge is 0.329 e. The number of ether oxygens (including phenoxy) is 1. The Kier molecular flexibility index (Phi) is 5.90. The van der Waals surface area contributed by atoms with Gasteiger partial charge in [-0.15, -0.1) is 0 Å². The molecule has 7 nitrogen and oxygen atoms in total. The molecule has 1 amide bonds. The van der Waals surface area contributed by atoms with Gasteiger partial charge in [0.15, 0.2) is 0 Å². The summed E-state index contributed by atoms with van der Waals surface area (Å²) in [6.45, 7) is 6.51. The number of phenols is 1. The summed E-state index contributed by atoms with van der Waals surface area (Å²) in [5.41, 5.74) is 1.14. The Morgan fingerprint density at radius 3 is 2.45 bits per heavy atom. The summed E-state index contributed by atoms with van der Waals surface area (Å²) in [6, 6.07) is 14.3. The predicted octanol–water partition coefficient (Wildman–Crippen LogP) is 3.20. The molecule has 1 saturated heterocycles. The summed E-state index contributed by atoms with van der Waals surface area (Å²) in [5, 5.41) is 9.86. The molecule has 0 radical (unpaired) electrons. The van der Waals surface area contributed by atoms with Crippen molar-refractivity contribution in [3.63, 3.8) is 0 Å². The number of hydrogen-bond acceptors (Lipinski definition) is 5. The Hall–Kier alpha value is -2.52. The number of amides is 1. The summed E-state index contributed by atoms with van der Waals surface area (Å²) in [4.78, 5) is 12.5. The second-order valence-corrected chi connectivity index (χ2v) is 15.6. The largest absolute Gasteiger partial charge is 0.508 e. The average molecular weight is 435 g/mol. The monoisotopic (exact) mass is 434 g/mol. The van der Waals surface area contributed by atoms with Crippen LogP contribution in [0, 0.1) is 0 Å². The second-order valence-electron chi connectivity index (χ2n) is 8.22. The molecular weight excluding hydrogens is 408 g/mol.